The minimum atomic E-state index is -0.379. The Morgan fingerprint density at radius 2 is 1.95 bits per heavy atom. The van der Waals surface area contributed by atoms with Crippen LogP contribution in [0.3, 0.4) is 0 Å². The first kappa shape index (κ1) is 16.7. The van der Waals surface area contributed by atoms with E-state index >= 15 is 0 Å². The number of benzene rings is 1. The molecule has 0 saturated carbocycles. The monoisotopic (exact) mass is 376 g/mol. The molecule has 0 spiro atoms. The predicted molar refractivity (Wildman–Crippen MR) is 86.4 cm³/mol. The number of amides is 1. The molecule has 2 aliphatic heterocycles. The molecule has 2 aliphatic rings. The van der Waals surface area contributed by atoms with Gasteiger partial charge < -0.3 is 10.2 Å². The van der Waals surface area contributed by atoms with Gasteiger partial charge in [0.1, 0.15) is 5.82 Å². The Bertz CT molecular complexity index is 530. The zero-order valence-electron chi connectivity index (χ0n) is 11.8. The number of piperidine rings is 1. The van der Waals surface area contributed by atoms with Gasteiger partial charge in [-0.1, -0.05) is 0 Å². The van der Waals surface area contributed by atoms with Gasteiger partial charge in [0.2, 0.25) is 0 Å². The maximum absolute atomic E-state index is 13.3. The number of halogens is 3. The lowest BCUT2D eigenvalue weighted by atomic mass is 9.98. The van der Waals surface area contributed by atoms with Crippen LogP contribution >= 0.6 is 28.3 Å². The second kappa shape index (κ2) is 6.63. The highest BCUT2D eigenvalue weighted by molar-refractivity contribution is 9.10. The molecular formula is C15H19BrClFN2O. The fourth-order valence-electron chi connectivity index (χ4n) is 3.36. The van der Waals surface area contributed by atoms with Crippen molar-refractivity contribution in [3.8, 4) is 0 Å². The van der Waals surface area contributed by atoms with Gasteiger partial charge in [0, 0.05) is 29.6 Å². The summed E-state index contributed by atoms with van der Waals surface area (Å²) in [6, 6.07) is 5.55. The first-order valence-electron chi connectivity index (χ1n) is 7.03. The highest BCUT2D eigenvalue weighted by Gasteiger charge is 2.36. The van der Waals surface area contributed by atoms with Gasteiger partial charge in [-0.05, 0) is 59.8 Å². The number of carbonyl (C=O) groups excluding carboxylic acids is 1. The van der Waals surface area contributed by atoms with E-state index in [0.717, 1.165) is 12.8 Å². The summed E-state index contributed by atoms with van der Waals surface area (Å²) in [5, 5.41) is 3.57. The van der Waals surface area contributed by atoms with Crippen LogP contribution in [-0.2, 0) is 0 Å². The lowest BCUT2D eigenvalue weighted by molar-refractivity contribution is 0.0680. The van der Waals surface area contributed by atoms with Crippen molar-refractivity contribution >= 4 is 34.2 Å². The van der Waals surface area contributed by atoms with Crippen molar-refractivity contribution in [2.75, 3.05) is 7.05 Å². The minimum Gasteiger partial charge on any atom is -0.339 e. The Morgan fingerprint density at radius 3 is 2.57 bits per heavy atom. The van der Waals surface area contributed by atoms with Crippen molar-refractivity contribution in [1.29, 1.82) is 0 Å². The number of hydrogen-bond donors (Lipinski definition) is 1. The fourth-order valence-corrected chi connectivity index (χ4v) is 3.78. The van der Waals surface area contributed by atoms with Crippen molar-refractivity contribution < 1.29 is 9.18 Å². The summed E-state index contributed by atoms with van der Waals surface area (Å²) < 4.78 is 14.0. The van der Waals surface area contributed by atoms with E-state index in [2.05, 4.69) is 21.2 Å². The van der Waals surface area contributed by atoms with Gasteiger partial charge in [0.25, 0.3) is 5.91 Å². The molecule has 116 valence electrons. The standard InChI is InChI=1S/C15H18BrFN2O.ClH/c1-19(12-7-10-3-4-11(8-12)18-10)15(20)13-6-9(17)2-5-14(13)16;/h2,5-6,10-12,18H,3-4,7-8H2,1H3;1H. The van der Waals surface area contributed by atoms with E-state index in [-0.39, 0.29) is 30.2 Å². The third-order valence-corrected chi connectivity index (χ3v) is 5.17. The van der Waals surface area contributed by atoms with Crippen LogP contribution < -0.4 is 5.32 Å². The average Bonchev–Trinajstić information content (AvgIpc) is 2.78. The van der Waals surface area contributed by atoms with Crippen LogP contribution in [0.4, 0.5) is 4.39 Å². The van der Waals surface area contributed by atoms with Gasteiger partial charge in [0.15, 0.2) is 0 Å². The van der Waals surface area contributed by atoms with E-state index in [9.17, 15) is 9.18 Å². The topological polar surface area (TPSA) is 32.3 Å². The summed E-state index contributed by atoms with van der Waals surface area (Å²) in [5.74, 6) is -0.488. The number of carbonyl (C=O) groups is 1. The van der Waals surface area contributed by atoms with E-state index < -0.39 is 0 Å². The maximum atomic E-state index is 13.3. The highest BCUT2D eigenvalue weighted by Crippen LogP contribution is 2.30. The Morgan fingerprint density at radius 1 is 1.33 bits per heavy atom. The fraction of sp³-hybridized carbons (Fsp3) is 0.533. The zero-order valence-corrected chi connectivity index (χ0v) is 14.2. The first-order chi connectivity index (χ1) is 9.54. The lowest BCUT2D eigenvalue weighted by Gasteiger charge is -2.35. The molecule has 0 radical (unpaired) electrons. The first-order valence-corrected chi connectivity index (χ1v) is 7.82. The van der Waals surface area contributed by atoms with Gasteiger partial charge in [-0.2, -0.15) is 0 Å². The molecule has 2 atom stereocenters. The number of hydrogen-bond acceptors (Lipinski definition) is 2. The molecule has 3 rings (SSSR count). The average molecular weight is 378 g/mol. The van der Waals surface area contributed by atoms with Crippen LogP contribution in [0.15, 0.2) is 22.7 Å². The van der Waals surface area contributed by atoms with Gasteiger partial charge in [-0.3, -0.25) is 4.79 Å². The summed E-state index contributed by atoms with van der Waals surface area (Å²) in [7, 11) is 1.83. The molecule has 2 saturated heterocycles. The minimum absolute atomic E-state index is 0. The predicted octanol–water partition coefficient (Wildman–Crippen LogP) is 3.37. The van der Waals surface area contributed by atoms with Crippen molar-refractivity contribution in [2.45, 2.75) is 43.8 Å². The van der Waals surface area contributed by atoms with Gasteiger partial charge in [0.05, 0.1) is 5.56 Å². The molecule has 6 heteroatoms. The number of rotatable bonds is 2. The van der Waals surface area contributed by atoms with Crippen LogP contribution in [0.5, 0.6) is 0 Å². The molecule has 1 aromatic rings. The smallest absolute Gasteiger partial charge is 0.255 e. The Balaban J connectivity index is 0.00000161. The lowest BCUT2D eigenvalue weighted by Crippen LogP contribution is -2.48. The number of nitrogens with one attached hydrogen (secondary N) is 1. The maximum Gasteiger partial charge on any atom is 0.255 e. The summed E-state index contributed by atoms with van der Waals surface area (Å²) in [6.45, 7) is 0. The molecule has 2 bridgehead atoms. The number of fused-ring (bicyclic) bond motifs is 2. The highest BCUT2D eigenvalue weighted by atomic mass is 79.9. The van der Waals surface area contributed by atoms with E-state index in [1.807, 2.05) is 7.05 Å². The SMILES string of the molecule is CN(C(=O)c1cc(F)ccc1Br)C1CC2CCC(C1)N2.Cl. The molecule has 2 unspecified atom stereocenters. The summed E-state index contributed by atoms with van der Waals surface area (Å²) in [6.07, 6.45) is 4.39. The molecule has 0 aromatic heterocycles. The van der Waals surface area contributed by atoms with Crippen LogP contribution in [0.2, 0.25) is 0 Å². The molecule has 2 heterocycles. The van der Waals surface area contributed by atoms with Crippen LogP contribution in [0.1, 0.15) is 36.0 Å². The Hall–Kier alpha value is -0.650. The third kappa shape index (κ3) is 3.41. The van der Waals surface area contributed by atoms with Crippen molar-refractivity contribution in [3.05, 3.63) is 34.1 Å². The van der Waals surface area contributed by atoms with Gasteiger partial charge in [-0.15, -0.1) is 12.4 Å². The Kier molecular flexibility index (Phi) is 5.28. The molecule has 2 fully saturated rings. The second-order valence-corrected chi connectivity index (χ2v) is 6.66. The van der Waals surface area contributed by atoms with E-state index in [0.29, 0.717) is 22.1 Å². The molecule has 1 N–H and O–H groups in total. The summed E-state index contributed by atoms with van der Waals surface area (Å²) in [4.78, 5) is 14.3. The van der Waals surface area contributed by atoms with Crippen molar-refractivity contribution in [2.24, 2.45) is 0 Å². The molecule has 3 nitrogen and oxygen atoms in total. The van der Waals surface area contributed by atoms with Gasteiger partial charge >= 0.3 is 0 Å². The molecule has 1 amide bonds. The van der Waals surface area contributed by atoms with E-state index in [1.165, 1.54) is 25.0 Å². The zero-order chi connectivity index (χ0) is 14.3. The third-order valence-electron chi connectivity index (χ3n) is 4.48. The van der Waals surface area contributed by atoms with Crippen molar-refractivity contribution in [1.82, 2.24) is 10.2 Å². The number of nitrogens with zero attached hydrogens (tertiary/aromatic N) is 1. The largest absolute Gasteiger partial charge is 0.339 e. The molecular weight excluding hydrogens is 359 g/mol. The van der Waals surface area contributed by atoms with Crippen LogP contribution in [0.25, 0.3) is 0 Å². The molecule has 21 heavy (non-hydrogen) atoms. The quantitative estimate of drug-likeness (QED) is 0.857. The van der Waals surface area contributed by atoms with E-state index in [4.69, 9.17) is 0 Å². The second-order valence-electron chi connectivity index (χ2n) is 5.80. The summed E-state index contributed by atoms with van der Waals surface area (Å²) >= 11 is 3.33. The van der Waals surface area contributed by atoms with Gasteiger partial charge in [-0.25, -0.2) is 4.39 Å². The molecule has 0 aliphatic carbocycles. The Labute approximate surface area is 138 Å². The summed E-state index contributed by atoms with van der Waals surface area (Å²) in [5.41, 5.74) is 0.401. The van der Waals surface area contributed by atoms with E-state index in [1.54, 1.807) is 11.0 Å². The van der Waals surface area contributed by atoms with Crippen molar-refractivity contribution in [3.63, 3.8) is 0 Å². The van der Waals surface area contributed by atoms with Crippen LogP contribution in [0, 0.1) is 5.82 Å². The van der Waals surface area contributed by atoms with Crippen LogP contribution in [-0.4, -0.2) is 36.0 Å². The molecule has 1 aromatic carbocycles. The normalized spacial score (nSPS) is 27.1.